The van der Waals surface area contributed by atoms with Gasteiger partial charge in [0.2, 0.25) is 11.8 Å². The summed E-state index contributed by atoms with van der Waals surface area (Å²) >= 11 is 0. The monoisotopic (exact) mass is 360 g/mol. The van der Waals surface area contributed by atoms with Crippen molar-refractivity contribution >= 4 is 23.5 Å². The molecule has 26 heavy (non-hydrogen) atoms. The number of benzene rings is 1. The summed E-state index contributed by atoms with van der Waals surface area (Å²) in [5.41, 5.74) is 1.60. The molecule has 2 saturated heterocycles. The van der Waals surface area contributed by atoms with Gasteiger partial charge in [-0.15, -0.1) is 0 Å². The number of carboxylic acid groups (broad SMARTS) is 1. The fourth-order valence-electron chi connectivity index (χ4n) is 3.59. The van der Waals surface area contributed by atoms with Gasteiger partial charge in [-0.25, -0.2) is 4.79 Å². The highest BCUT2D eigenvalue weighted by Crippen LogP contribution is 2.30. The van der Waals surface area contributed by atoms with Crippen molar-refractivity contribution in [3.8, 4) is 0 Å². The van der Waals surface area contributed by atoms with Gasteiger partial charge in [-0.1, -0.05) is 12.1 Å². The number of amides is 2. The largest absolute Gasteiger partial charge is 0.480 e. The zero-order valence-corrected chi connectivity index (χ0v) is 15.1. The molecule has 2 heterocycles. The summed E-state index contributed by atoms with van der Waals surface area (Å²) in [5, 5.41) is 12.3. The van der Waals surface area contributed by atoms with Crippen molar-refractivity contribution in [1.29, 1.82) is 0 Å². The average molecular weight is 360 g/mol. The Hall–Kier alpha value is -2.41. The first kappa shape index (κ1) is 18.4. The molecule has 2 fully saturated rings. The van der Waals surface area contributed by atoms with Crippen LogP contribution in [0.15, 0.2) is 18.2 Å². The number of aryl methyl sites for hydroxylation is 1. The number of carboxylic acids is 1. The van der Waals surface area contributed by atoms with Crippen molar-refractivity contribution < 1.29 is 24.2 Å². The summed E-state index contributed by atoms with van der Waals surface area (Å²) in [7, 11) is 0. The van der Waals surface area contributed by atoms with Crippen molar-refractivity contribution in [3.05, 3.63) is 29.3 Å². The molecule has 1 aromatic carbocycles. The van der Waals surface area contributed by atoms with Crippen LogP contribution in [0.3, 0.4) is 0 Å². The van der Waals surface area contributed by atoms with E-state index in [1.165, 1.54) is 0 Å². The van der Waals surface area contributed by atoms with Gasteiger partial charge in [0.1, 0.15) is 5.54 Å². The summed E-state index contributed by atoms with van der Waals surface area (Å²) < 4.78 is 5.22. The lowest BCUT2D eigenvalue weighted by Gasteiger charge is -2.34. The highest BCUT2D eigenvalue weighted by Gasteiger charge is 2.44. The maximum atomic E-state index is 12.7. The molecule has 1 aromatic rings. The Balaban J connectivity index is 1.74. The first-order valence-corrected chi connectivity index (χ1v) is 8.84. The number of rotatable bonds is 4. The summed E-state index contributed by atoms with van der Waals surface area (Å²) in [4.78, 5) is 38.5. The minimum atomic E-state index is -1.30. The summed E-state index contributed by atoms with van der Waals surface area (Å²) in [6.07, 6.45) is 0.552. The van der Waals surface area contributed by atoms with Gasteiger partial charge in [-0.3, -0.25) is 9.59 Å². The Morgan fingerprint density at radius 1 is 1.27 bits per heavy atom. The second-order valence-electron chi connectivity index (χ2n) is 7.11. The number of nitrogens with zero attached hydrogens (tertiary/aromatic N) is 1. The maximum absolute atomic E-state index is 12.7. The van der Waals surface area contributed by atoms with Crippen LogP contribution in [0.1, 0.15) is 30.4 Å². The Morgan fingerprint density at radius 2 is 1.96 bits per heavy atom. The van der Waals surface area contributed by atoms with Crippen molar-refractivity contribution in [1.82, 2.24) is 5.32 Å². The molecule has 2 aliphatic heterocycles. The molecule has 2 aliphatic rings. The van der Waals surface area contributed by atoms with Crippen LogP contribution in [0.5, 0.6) is 0 Å². The standard InChI is InChI=1S/C19H24N2O5/c1-12-4-3-5-15(13(12)2)21-11-14(10-16(21)22)17(23)20-19(18(24)25)6-8-26-9-7-19/h3-5,14H,6-11H2,1-2H3,(H,20,23)(H,24,25). The zero-order valence-electron chi connectivity index (χ0n) is 15.1. The summed E-state index contributed by atoms with van der Waals surface area (Å²) in [6.45, 7) is 4.79. The Kier molecular flexibility index (Phi) is 5.00. The van der Waals surface area contributed by atoms with Gasteiger partial charge in [-0.2, -0.15) is 0 Å². The lowest BCUT2D eigenvalue weighted by atomic mass is 9.89. The molecule has 2 N–H and O–H groups in total. The molecule has 0 radical (unpaired) electrons. The SMILES string of the molecule is Cc1cccc(N2CC(C(=O)NC3(C(=O)O)CCOCC3)CC2=O)c1C. The van der Waals surface area contributed by atoms with Gasteiger partial charge in [-0.05, 0) is 31.0 Å². The van der Waals surface area contributed by atoms with Gasteiger partial charge in [0.05, 0.1) is 5.92 Å². The van der Waals surface area contributed by atoms with E-state index in [1.54, 1.807) is 4.90 Å². The molecule has 0 aliphatic carbocycles. The molecule has 140 valence electrons. The number of nitrogens with one attached hydrogen (secondary N) is 1. The lowest BCUT2D eigenvalue weighted by Crippen LogP contribution is -2.58. The van der Waals surface area contributed by atoms with Crippen LogP contribution in [-0.2, 0) is 19.1 Å². The fourth-order valence-corrected chi connectivity index (χ4v) is 3.59. The number of hydrogen-bond acceptors (Lipinski definition) is 4. The number of aliphatic carboxylic acids is 1. The van der Waals surface area contributed by atoms with E-state index in [2.05, 4.69) is 5.32 Å². The van der Waals surface area contributed by atoms with E-state index < -0.39 is 17.4 Å². The summed E-state index contributed by atoms with van der Waals surface area (Å²) in [6, 6.07) is 5.74. The number of ether oxygens (including phenoxy) is 1. The van der Waals surface area contributed by atoms with Crippen LogP contribution in [0.25, 0.3) is 0 Å². The predicted octanol–water partition coefficient (Wildman–Crippen LogP) is 1.41. The molecule has 7 nitrogen and oxygen atoms in total. The Morgan fingerprint density at radius 3 is 2.62 bits per heavy atom. The van der Waals surface area contributed by atoms with E-state index >= 15 is 0 Å². The van der Waals surface area contributed by atoms with Crippen LogP contribution in [0.2, 0.25) is 0 Å². The molecular formula is C19H24N2O5. The van der Waals surface area contributed by atoms with Crippen molar-refractivity contribution in [2.24, 2.45) is 5.92 Å². The van der Waals surface area contributed by atoms with E-state index in [1.807, 2.05) is 32.0 Å². The quantitative estimate of drug-likeness (QED) is 0.846. The third-order valence-corrected chi connectivity index (χ3v) is 5.48. The van der Waals surface area contributed by atoms with Gasteiger partial charge < -0.3 is 20.1 Å². The van der Waals surface area contributed by atoms with Crippen LogP contribution in [0, 0.1) is 19.8 Å². The fraction of sp³-hybridized carbons (Fsp3) is 0.526. The molecule has 2 amide bonds. The van der Waals surface area contributed by atoms with Crippen LogP contribution in [-0.4, -0.2) is 48.2 Å². The molecule has 0 saturated carbocycles. The lowest BCUT2D eigenvalue weighted by molar-refractivity contribution is -0.152. The van der Waals surface area contributed by atoms with Gasteiger partial charge >= 0.3 is 5.97 Å². The topological polar surface area (TPSA) is 95.9 Å². The smallest absolute Gasteiger partial charge is 0.329 e. The second-order valence-corrected chi connectivity index (χ2v) is 7.11. The minimum Gasteiger partial charge on any atom is -0.480 e. The van der Waals surface area contributed by atoms with Gasteiger partial charge in [0, 0.05) is 44.7 Å². The van der Waals surface area contributed by atoms with E-state index in [0.29, 0.717) is 13.2 Å². The number of hydrogen-bond donors (Lipinski definition) is 2. The van der Waals surface area contributed by atoms with E-state index in [-0.39, 0.29) is 37.6 Å². The van der Waals surface area contributed by atoms with Crippen molar-refractivity contribution in [2.45, 2.75) is 38.6 Å². The molecule has 1 atom stereocenters. The third kappa shape index (κ3) is 3.31. The molecule has 7 heteroatoms. The number of carbonyl (C=O) groups excluding carboxylic acids is 2. The second kappa shape index (κ2) is 7.07. The molecule has 0 spiro atoms. The average Bonchev–Trinajstić information content (AvgIpc) is 3.00. The Labute approximate surface area is 152 Å². The van der Waals surface area contributed by atoms with Gasteiger partial charge in [0.15, 0.2) is 0 Å². The first-order valence-electron chi connectivity index (χ1n) is 8.84. The molecular weight excluding hydrogens is 336 g/mol. The zero-order chi connectivity index (χ0) is 18.9. The van der Waals surface area contributed by atoms with E-state index in [9.17, 15) is 19.5 Å². The minimum absolute atomic E-state index is 0.0887. The van der Waals surface area contributed by atoms with Crippen LogP contribution >= 0.6 is 0 Å². The number of anilines is 1. The van der Waals surface area contributed by atoms with Gasteiger partial charge in [0.25, 0.3) is 0 Å². The maximum Gasteiger partial charge on any atom is 0.329 e. The van der Waals surface area contributed by atoms with E-state index in [4.69, 9.17) is 4.74 Å². The number of carbonyl (C=O) groups is 3. The third-order valence-electron chi connectivity index (χ3n) is 5.48. The normalized spacial score (nSPS) is 22.3. The molecule has 1 unspecified atom stereocenters. The van der Waals surface area contributed by atoms with Crippen molar-refractivity contribution in [3.63, 3.8) is 0 Å². The Bertz CT molecular complexity index is 739. The van der Waals surface area contributed by atoms with Crippen LogP contribution < -0.4 is 10.2 Å². The van der Waals surface area contributed by atoms with Crippen LogP contribution in [0.4, 0.5) is 5.69 Å². The molecule has 0 aromatic heterocycles. The highest BCUT2D eigenvalue weighted by molar-refractivity contribution is 6.01. The predicted molar refractivity (Wildman–Crippen MR) is 94.9 cm³/mol. The van der Waals surface area contributed by atoms with Crippen molar-refractivity contribution in [2.75, 3.05) is 24.7 Å². The first-order chi connectivity index (χ1) is 12.3. The summed E-state index contributed by atoms with van der Waals surface area (Å²) in [5.74, 6) is -2.10. The highest BCUT2D eigenvalue weighted by atomic mass is 16.5. The van der Waals surface area contributed by atoms with E-state index in [0.717, 1.165) is 16.8 Å². The molecule has 0 bridgehead atoms. The molecule has 3 rings (SSSR count).